The molecular weight excluding hydrogens is 681 g/mol. The number of aliphatic hydroxyl groups is 1. The number of unbranched alkanes of at least 4 members (excludes halogenated alkanes) is 10. The van der Waals surface area contributed by atoms with E-state index in [9.17, 15) is 9.90 Å². The number of hydrogen-bond donors (Lipinski definition) is 2. The smallest absolute Gasteiger partial charge is 0.251 e. The lowest BCUT2D eigenvalue weighted by molar-refractivity contribution is -0.276. The molecule has 4 unspecified atom stereocenters. The van der Waals surface area contributed by atoms with E-state index in [1.54, 1.807) is 0 Å². The Balaban J connectivity index is 1.32. The molecule has 1 heterocycles. The zero-order valence-corrected chi connectivity index (χ0v) is 33.8. The van der Waals surface area contributed by atoms with Gasteiger partial charge in [-0.2, -0.15) is 0 Å². The van der Waals surface area contributed by atoms with Crippen LogP contribution in [0.25, 0.3) is 11.1 Å². The Kier molecular flexibility index (Phi) is 17.9. The highest BCUT2D eigenvalue weighted by Crippen LogP contribution is 2.42. The second-order valence-corrected chi connectivity index (χ2v) is 15.5. The first kappa shape index (κ1) is 42.3. The highest BCUT2D eigenvalue weighted by molar-refractivity contribution is 5.94. The molecule has 0 radical (unpaired) electrons. The van der Waals surface area contributed by atoms with Gasteiger partial charge in [0.25, 0.3) is 5.91 Å². The number of benzene rings is 4. The molecule has 1 aliphatic heterocycles. The fourth-order valence-corrected chi connectivity index (χ4v) is 7.75. The number of amides is 1. The van der Waals surface area contributed by atoms with Gasteiger partial charge in [0.05, 0.1) is 18.8 Å². The quantitative estimate of drug-likeness (QED) is 0.0740. The fraction of sp³-hybridized carbons (Fsp3) is 0.490. The van der Waals surface area contributed by atoms with Crippen LogP contribution < -0.4 is 5.32 Å². The third-order valence-electron chi connectivity index (χ3n) is 11.2. The Morgan fingerprint density at radius 3 is 1.89 bits per heavy atom. The molecule has 2 N–H and O–H groups in total. The summed E-state index contributed by atoms with van der Waals surface area (Å²) in [4.78, 5) is 15.5. The van der Waals surface area contributed by atoms with Crippen molar-refractivity contribution in [1.29, 1.82) is 0 Å². The molecule has 4 atom stereocenters. The summed E-state index contributed by atoms with van der Waals surface area (Å²) in [5, 5.41) is 12.8. The van der Waals surface area contributed by atoms with E-state index >= 15 is 0 Å². The summed E-state index contributed by atoms with van der Waals surface area (Å²) in [6, 6.07) is 34.3. The van der Waals surface area contributed by atoms with Crippen LogP contribution in [0.5, 0.6) is 0 Å². The molecule has 4 aromatic rings. The Morgan fingerprint density at radius 2 is 1.25 bits per heavy atom. The second kappa shape index (κ2) is 23.3. The van der Waals surface area contributed by atoms with Gasteiger partial charge in [-0.05, 0) is 65.9 Å². The predicted octanol–water partition coefficient (Wildman–Crippen LogP) is 11.6. The number of nitrogens with one attached hydrogen (secondary N) is 1. The molecule has 55 heavy (non-hydrogen) atoms. The molecule has 1 amide bonds. The van der Waals surface area contributed by atoms with Gasteiger partial charge in [0.1, 0.15) is 0 Å². The third kappa shape index (κ3) is 13.1. The summed E-state index contributed by atoms with van der Waals surface area (Å²) in [6.45, 7) is 10.4. The normalized spacial score (nSPS) is 18.4. The maximum Gasteiger partial charge on any atom is 0.251 e. The molecule has 0 aliphatic carbocycles. The maximum atomic E-state index is 12.8. The van der Waals surface area contributed by atoms with Crippen molar-refractivity contribution >= 4 is 5.91 Å². The topological polar surface area (TPSA) is 71.0 Å². The molecule has 0 bridgehead atoms. The second-order valence-electron chi connectivity index (χ2n) is 15.5. The molecule has 6 nitrogen and oxygen atoms in total. The number of hydrogen-bond acceptors (Lipinski definition) is 5. The lowest BCUT2D eigenvalue weighted by atomic mass is 9.89. The molecule has 6 heteroatoms. The van der Waals surface area contributed by atoms with Gasteiger partial charge in [0, 0.05) is 30.1 Å². The zero-order valence-electron chi connectivity index (χ0n) is 33.8. The number of carbonyl (C=O) groups excluding carboxylic acids is 1. The van der Waals surface area contributed by atoms with E-state index in [4.69, 9.17) is 9.47 Å². The van der Waals surface area contributed by atoms with Crippen molar-refractivity contribution in [3.05, 3.63) is 131 Å². The van der Waals surface area contributed by atoms with E-state index in [-0.39, 0.29) is 30.6 Å². The third-order valence-corrected chi connectivity index (χ3v) is 11.2. The predicted molar refractivity (Wildman–Crippen MR) is 226 cm³/mol. The van der Waals surface area contributed by atoms with Gasteiger partial charge < -0.3 is 24.8 Å². The summed E-state index contributed by atoms with van der Waals surface area (Å²) < 4.78 is 13.8. The Labute approximate surface area is 331 Å². The summed E-state index contributed by atoms with van der Waals surface area (Å²) in [5.41, 5.74) is 6.88. The van der Waals surface area contributed by atoms with Crippen LogP contribution in [-0.4, -0.2) is 41.7 Å². The van der Waals surface area contributed by atoms with Crippen LogP contribution in [0.2, 0.25) is 0 Å². The molecule has 4 aromatic carbocycles. The summed E-state index contributed by atoms with van der Waals surface area (Å²) >= 11 is 0. The van der Waals surface area contributed by atoms with Crippen LogP contribution in [0.4, 0.5) is 0 Å². The molecule has 0 spiro atoms. The van der Waals surface area contributed by atoms with E-state index in [0.29, 0.717) is 12.1 Å². The molecule has 0 aromatic heterocycles. The van der Waals surface area contributed by atoms with Gasteiger partial charge >= 0.3 is 0 Å². The highest BCUT2D eigenvalue weighted by Gasteiger charge is 2.39. The van der Waals surface area contributed by atoms with Crippen molar-refractivity contribution in [3.63, 3.8) is 0 Å². The Hall–Kier alpha value is -3.81. The van der Waals surface area contributed by atoms with Crippen LogP contribution >= 0.6 is 0 Å². The Morgan fingerprint density at radius 1 is 0.673 bits per heavy atom. The summed E-state index contributed by atoms with van der Waals surface area (Å²) in [5.74, 6) is 0.0595. The van der Waals surface area contributed by atoms with Crippen LogP contribution in [0.15, 0.2) is 103 Å². The minimum atomic E-state index is -0.511. The minimum Gasteiger partial charge on any atom is -0.392 e. The van der Waals surface area contributed by atoms with Crippen molar-refractivity contribution in [2.75, 3.05) is 19.6 Å². The lowest BCUT2D eigenvalue weighted by Gasteiger charge is -2.43. The molecule has 1 saturated heterocycles. The van der Waals surface area contributed by atoms with Crippen LogP contribution in [0, 0.1) is 5.92 Å². The Bertz CT molecular complexity index is 1640. The summed E-state index contributed by atoms with van der Waals surface area (Å²) in [7, 11) is 0. The largest absolute Gasteiger partial charge is 0.392 e. The number of nitrogens with zero attached hydrogens (tertiary/aromatic N) is 1. The molecule has 0 saturated carbocycles. The van der Waals surface area contributed by atoms with Crippen molar-refractivity contribution in [1.82, 2.24) is 10.2 Å². The van der Waals surface area contributed by atoms with Crippen molar-refractivity contribution < 1.29 is 19.4 Å². The van der Waals surface area contributed by atoms with E-state index in [1.807, 2.05) is 54.6 Å². The van der Waals surface area contributed by atoms with Crippen LogP contribution in [-0.2, 0) is 22.6 Å². The van der Waals surface area contributed by atoms with E-state index in [1.165, 1.54) is 77.0 Å². The molecule has 296 valence electrons. The van der Waals surface area contributed by atoms with Crippen molar-refractivity contribution in [2.45, 2.75) is 129 Å². The van der Waals surface area contributed by atoms with Gasteiger partial charge in [0.2, 0.25) is 0 Å². The lowest BCUT2D eigenvalue weighted by Crippen LogP contribution is -2.45. The first-order valence-electron chi connectivity index (χ1n) is 21.2. The van der Waals surface area contributed by atoms with Crippen molar-refractivity contribution in [2.24, 2.45) is 5.92 Å². The first-order chi connectivity index (χ1) is 27.0. The molecular formula is C49H66N2O4. The number of ether oxygens (including phenoxy) is 2. The van der Waals surface area contributed by atoms with Crippen LogP contribution in [0.3, 0.4) is 0 Å². The van der Waals surface area contributed by atoms with Gasteiger partial charge in [0.15, 0.2) is 6.29 Å². The van der Waals surface area contributed by atoms with E-state index in [2.05, 4.69) is 79.5 Å². The standard InChI is InChI=1S/C49H66N2O4/c1-4-6-8-10-12-19-33-51(34-20-13-11-9-7-5-2)36-46-38(3)47(41-27-25-39(37-52)26-28-41)55-49(54-46)43-31-29-40(30-32-43)45-24-18-17-23-44(45)35-50-48(53)42-21-15-14-16-22-42/h14-18,21-32,38,46-47,49,52H,4-13,19-20,33-37H2,1-3H3,(H,50,53). The van der Waals surface area contributed by atoms with Crippen LogP contribution in [0.1, 0.15) is 143 Å². The van der Waals surface area contributed by atoms with Gasteiger partial charge in [-0.3, -0.25) is 4.79 Å². The van der Waals surface area contributed by atoms with Gasteiger partial charge in [-0.1, -0.05) is 176 Å². The average molecular weight is 747 g/mol. The minimum absolute atomic E-state index is 0.00456. The first-order valence-corrected chi connectivity index (χ1v) is 21.2. The molecule has 1 fully saturated rings. The van der Waals surface area contributed by atoms with Gasteiger partial charge in [-0.25, -0.2) is 0 Å². The fourth-order valence-electron chi connectivity index (χ4n) is 7.75. The van der Waals surface area contributed by atoms with Gasteiger partial charge in [-0.15, -0.1) is 0 Å². The number of carbonyl (C=O) groups is 1. The van der Waals surface area contributed by atoms with Crippen molar-refractivity contribution in [3.8, 4) is 11.1 Å². The number of rotatable bonds is 23. The molecule has 5 rings (SSSR count). The SMILES string of the molecule is CCCCCCCCN(CCCCCCCC)CC1OC(c2ccc(-c3ccccc3CNC(=O)c3ccccc3)cc2)OC(c2ccc(CO)cc2)C1C. The highest BCUT2D eigenvalue weighted by atomic mass is 16.7. The molecule has 1 aliphatic rings. The van der Waals surface area contributed by atoms with E-state index < -0.39 is 6.29 Å². The monoisotopic (exact) mass is 747 g/mol. The van der Waals surface area contributed by atoms with E-state index in [0.717, 1.165) is 53.0 Å². The average Bonchev–Trinajstić information content (AvgIpc) is 3.23. The number of aliphatic hydroxyl groups excluding tert-OH is 1. The summed E-state index contributed by atoms with van der Waals surface area (Å²) in [6.07, 6.45) is 14.9. The zero-order chi connectivity index (χ0) is 38.7. The maximum absolute atomic E-state index is 12.8.